The van der Waals surface area contributed by atoms with Crippen molar-refractivity contribution in [3.63, 3.8) is 0 Å². The lowest BCUT2D eigenvalue weighted by Crippen LogP contribution is -2.65. The van der Waals surface area contributed by atoms with Gasteiger partial charge in [0, 0.05) is 13.0 Å². The summed E-state index contributed by atoms with van der Waals surface area (Å²) in [5, 5.41) is 2.68. The van der Waals surface area contributed by atoms with Crippen molar-refractivity contribution >= 4 is 11.8 Å². The Morgan fingerprint density at radius 1 is 1.59 bits per heavy atom. The summed E-state index contributed by atoms with van der Waals surface area (Å²) in [6.07, 6.45) is 6.37. The molecule has 2 fully saturated rings. The van der Waals surface area contributed by atoms with E-state index >= 15 is 0 Å². The van der Waals surface area contributed by atoms with Crippen LogP contribution in [0.25, 0.3) is 0 Å². The minimum Gasteiger partial charge on any atom is -0.365 e. The van der Waals surface area contributed by atoms with E-state index in [1.54, 1.807) is 11.8 Å². The average molecular weight is 236 g/mol. The molecule has 3 atom stereocenters. The maximum Gasteiger partial charge on any atom is 0.245 e. The van der Waals surface area contributed by atoms with Gasteiger partial charge in [0.1, 0.15) is 18.7 Å². The number of amides is 2. The van der Waals surface area contributed by atoms with Crippen molar-refractivity contribution in [1.82, 2.24) is 10.2 Å². The van der Waals surface area contributed by atoms with Gasteiger partial charge in [-0.1, -0.05) is 5.92 Å². The molecule has 92 valence electrons. The van der Waals surface area contributed by atoms with Gasteiger partial charge in [0.2, 0.25) is 11.8 Å². The number of piperazine rings is 1. The number of hydrogen-bond donors (Lipinski definition) is 1. The molecule has 1 N–H and O–H groups in total. The van der Waals surface area contributed by atoms with Crippen molar-refractivity contribution in [2.24, 2.45) is 0 Å². The molecule has 5 heteroatoms. The fourth-order valence-electron chi connectivity index (χ4n) is 2.38. The van der Waals surface area contributed by atoms with E-state index in [1.807, 2.05) is 0 Å². The van der Waals surface area contributed by atoms with Crippen LogP contribution in [0.2, 0.25) is 0 Å². The molecule has 0 radical (unpaired) electrons. The highest BCUT2D eigenvalue weighted by molar-refractivity contribution is 5.96. The summed E-state index contributed by atoms with van der Waals surface area (Å²) in [7, 11) is 0. The predicted molar refractivity (Wildman–Crippen MR) is 60.9 cm³/mol. The number of carbonyl (C=O) groups excluding carboxylic acids is 2. The van der Waals surface area contributed by atoms with Gasteiger partial charge in [-0.3, -0.25) is 9.59 Å². The third kappa shape index (κ3) is 2.27. The van der Waals surface area contributed by atoms with Gasteiger partial charge in [-0.05, 0) is 13.3 Å². The highest BCUT2D eigenvalue weighted by Crippen LogP contribution is 2.23. The van der Waals surface area contributed by atoms with Crippen LogP contribution in [0.3, 0.4) is 0 Å². The molecule has 2 heterocycles. The number of fused-ring (bicyclic) bond motifs is 1. The van der Waals surface area contributed by atoms with Crippen LogP contribution < -0.4 is 5.32 Å². The molecule has 2 aliphatic rings. The van der Waals surface area contributed by atoms with Crippen LogP contribution in [0.4, 0.5) is 0 Å². The van der Waals surface area contributed by atoms with Crippen molar-refractivity contribution in [1.29, 1.82) is 0 Å². The lowest BCUT2D eigenvalue weighted by Gasteiger charge is -2.43. The molecule has 0 aliphatic carbocycles. The van der Waals surface area contributed by atoms with Gasteiger partial charge in [0.25, 0.3) is 0 Å². The van der Waals surface area contributed by atoms with Crippen LogP contribution in [-0.2, 0) is 14.3 Å². The first-order valence-corrected chi connectivity index (χ1v) is 5.79. The van der Waals surface area contributed by atoms with Crippen molar-refractivity contribution < 1.29 is 14.3 Å². The quantitative estimate of drug-likeness (QED) is 0.658. The number of rotatable bonds is 2. The molecule has 2 aliphatic heterocycles. The van der Waals surface area contributed by atoms with Crippen molar-refractivity contribution in [3.8, 4) is 12.3 Å². The number of piperidine rings is 1. The largest absolute Gasteiger partial charge is 0.365 e. The Kier molecular flexibility index (Phi) is 3.34. The van der Waals surface area contributed by atoms with E-state index in [1.165, 1.54) is 0 Å². The Hall–Kier alpha value is -1.54. The van der Waals surface area contributed by atoms with E-state index in [0.29, 0.717) is 13.0 Å². The number of nitrogens with zero attached hydrogens (tertiary/aromatic N) is 1. The molecular formula is C12H16N2O3. The molecular weight excluding hydrogens is 220 g/mol. The molecule has 0 unspecified atom stereocenters. The highest BCUT2D eigenvalue weighted by Gasteiger charge is 2.42. The van der Waals surface area contributed by atoms with Crippen molar-refractivity contribution in [2.75, 3.05) is 13.2 Å². The van der Waals surface area contributed by atoms with Crippen LogP contribution in [0.5, 0.6) is 0 Å². The Balaban J connectivity index is 2.02. The van der Waals surface area contributed by atoms with E-state index in [4.69, 9.17) is 11.2 Å². The molecule has 2 amide bonds. The summed E-state index contributed by atoms with van der Waals surface area (Å²) in [6, 6.07) is -0.808. The summed E-state index contributed by atoms with van der Waals surface area (Å²) in [5.41, 5.74) is 0. The lowest BCUT2D eigenvalue weighted by atomic mass is 9.95. The molecule has 0 bridgehead atoms. The first-order valence-electron chi connectivity index (χ1n) is 5.79. The van der Waals surface area contributed by atoms with Crippen LogP contribution >= 0.6 is 0 Å². The zero-order valence-electron chi connectivity index (χ0n) is 9.81. The Morgan fingerprint density at radius 3 is 3.06 bits per heavy atom. The molecule has 5 nitrogen and oxygen atoms in total. The summed E-state index contributed by atoms with van der Waals surface area (Å²) >= 11 is 0. The molecule has 0 spiro atoms. The summed E-state index contributed by atoms with van der Waals surface area (Å²) in [6.45, 7) is 2.53. The van der Waals surface area contributed by atoms with Crippen molar-refractivity contribution in [3.05, 3.63) is 0 Å². The third-order valence-electron chi connectivity index (χ3n) is 3.27. The van der Waals surface area contributed by atoms with Gasteiger partial charge >= 0.3 is 0 Å². The van der Waals surface area contributed by atoms with E-state index in [9.17, 15) is 9.59 Å². The van der Waals surface area contributed by atoms with Crippen LogP contribution in [0, 0.1) is 12.3 Å². The van der Waals surface area contributed by atoms with E-state index in [-0.39, 0.29) is 24.5 Å². The summed E-state index contributed by atoms with van der Waals surface area (Å²) in [5.74, 6) is 2.31. The van der Waals surface area contributed by atoms with E-state index in [2.05, 4.69) is 11.2 Å². The average Bonchev–Trinajstić information content (AvgIpc) is 2.33. The Labute approximate surface area is 100 Å². The van der Waals surface area contributed by atoms with Crippen LogP contribution in [-0.4, -0.2) is 48.1 Å². The maximum atomic E-state index is 11.9. The zero-order chi connectivity index (χ0) is 12.4. The van der Waals surface area contributed by atoms with Gasteiger partial charge in [-0.25, -0.2) is 0 Å². The van der Waals surface area contributed by atoms with Gasteiger partial charge in [0.15, 0.2) is 0 Å². The molecule has 0 saturated carbocycles. The van der Waals surface area contributed by atoms with E-state index < -0.39 is 12.1 Å². The Bertz CT molecular complexity index is 374. The Morgan fingerprint density at radius 2 is 2.35 bits per heavy atom. The van der Waals surface area contributed by atoms with Gasteiger partial charge in [-0.15, -0.1) is 6.42 Å². The fraction of sp³-hybridized carbons (Fsp3) is 0.667. The topological polar surface area (TPSA) is 58.6 Å². The standard InChI is InChI=1S/C12H16N2O3/c1-3-6-17-9-4-5-14-10(7-9)11(15)13-8(2)12(14)16/h1,8-10H,4-7H2,2H3,(H,13,15)/t8-,9-,10+/m1/s1. The minimum absolute atomic E-state index is 0.00926. The fourth-order valence-corrected chi connectivity index (χ4v) is 2.38. The van der Waals surface area contributed by atoms with Gasteiger partial charge < -0.3 is 15.0 Å². The highest BCUT2D eigenvalue weighted by atomic mass is 16.5. The molecule has 2 rings (SSSR count). The summed E-state index contributed by atoms with van der Waals surface area (Å²) < 4.78 is 5.44. The second kappa shape index (κ2) is 4.76. The molecule has 0 aromatic carbocycles. The number of ether oxygens (including phenoxy) is 1. The number of terminal acetylenes is 1. The van der Waals surface area contributed by atoms with Gasteiger partial charge in [0.05, 0.1) is 6.10 Å². The number of nitrogens with one attached hydrogen (secondary N) is 1. The zero-order valence-corrected chi connectivity index (χ0v) is 9.81. The molecule has 0 aromatic rings. The molecule has 17 heavy (non-hydrogen) atoms. The second-order valence-corrected chi connectivity index (χ2v) is 4.44. The monoisotopic (exact) mass is 236 g/mol. The molecule has 2 saturated heterocycles. The minimum atomic E-state index is -0.415. The normalized spacial score (nSPS) is 32.7. The second-order valence-electron chi connectivity index (χ2n) is 4.44. The third-order valence-corrected chi connectivity index (χ3v) is 3.27. The SMILES string of the molecule is C#CCO[C@@H]1CCN2C(=O)[C@@H](C)NC(=O)[C@@H]2C1. The van der Waals surface area contributed by atoms with Gasteiger partial charge in [-0.2, -0.15) is 0 Å². The number of hydrogen-bond acceptors (Lipinski definition) is 3. The number of carbonyl (C=O) groups is 2. The maximum absolute atomic E-state index is 11.9. The molecule has 0 aromatic heterocycles. The van der Waals surface area contributed by atoms with Crippen LogP contribution in [0.15, 0.2) is 0 Å². The van der Waals surface area contributed by atoms with Crippen molar-refractivity contribution in [2.45, 2.75) is 38.0 Å². The first-order chi connectivity index (χ1) is 8.13. The van der Waals surface area contributed by atoms with E-state index in [0.717, 1.165) is 6.42 Å². The smallest absolute Gasteiger partial charge is 0.245 e. The van der Waals surface area contributed by atoms with Crippen LogP contribution in [0.1, 0.15) is 19.8 Å². The predicted octanol–water partition coefficient (Wildman–Crippen LogP) is -0.486. The first kappa shape index (κ1) is 11.9. The lowest BCUT2D eigenvalue weighted by molar-refractivity contribution is -0.153. The summed E-state index contributed by atoms with van der Waals surface area (Å²) in [4.78, 5) is 25.3.